The second-order valence-electron chi connectivity index (χ2n) is 4.30. The Kier molecular flexibility index (Phi) is 2.55. The highest BCUT2D eigenvalue weighted by Crippen LogP contribution is 2.23. The van der Waals surface area contributed by atoms with Crippen LogP contribution in [0, 0.1) is 0 Å². The van der Waals surface area contributed by atoms with E-state index >= 15 is 0 Å². The molecule has 0 aromatic carbocycles. The van der Waals surface area contributed by atoms with Gasteiger partial charge < -0.3 is 14.4 Å². The maximum atomic E-state index is 12.4. The molecule has 3 heterocycles. The van der Waals surface area contributed by atoms with Gasteiger partial charge in [0.1, 0.15) is 0 Å². The largest absolute Gasteiger partial charge is 0.491 e. The van der Waals surface area contributed by atoms with Gasteiger partial charge in [-0.1, -0.05) is 0 Å². The molecule has 0 spiro atoms. The van der Waals surface area contributed by atoms with Crippen LogP contribution < -0.4 is 10.2 Å². The van der Waals surface area contributed by atoms with E-state index in [1.165, 1.54) is 18.0 Å². The molecule has 7 heteroatoms. The zero-order valence-corrected chi connectivity index (χ0v) is 9.96. The average molecular weight is 251 g/mol. The standard InChI is InChI=1S/C11H13N3O4/c1-17-10-8(15)4-12-14-5-7-6-18-3-2-13(7)11(16)9(10)14/h4,7H,2-3,5-6H2,1H3. The van der Waals surface area contributed by atoms with Crippen molar-refractivity contribution in [3.63, 3.8) is 0 Å². The summed E-state index contributed by atoms with van der Waals surface area (Å²) in [6.45, 7) is 2.09. The van der Waals surface area contributed by atoms with Gasteiger partial charge in [0.25, 0.3) is 5.91 Å². The summed E-state index contributed by atoms with van der Waals surface area (Å²) < 4.78 is 11.9. The number of amides is 1. The molecule has 3 rings (SSSR count). The highest BCUT2D eigenvalue weighted by Gasteiger charge is 2.37. The number of ether oxygens (including phenoxy) is 2. The number of carbonyl (C=O) groups excluding carboxylic acids is 1. The highest BCUT2D eigenvalue weighted by molar-refractivity contribution is 5.96. The molecular formula is C11H13N3O4. The second-order valence-corrected chi connectivity index (χ2v) is 4.30. The van der Waals surface area contributed by atoms with Crippen molar-refractivity contribution < 1.29 is 14.3 Å². The van der Waals surface area contributed by atoms with Gasteiger partial charge in [-0.15, -0.1) is 0 Å². The van der Waals surface area contributed by atoms with Gasteiger partial charge in [0.05, 0.1) is 39.1 Å². The summed E-state index contributed by atoms with van der Waals surface area (Å²) in [6.07, 6.45) is 1.18. The molecule has 1 atom stereocenters. The number of morpholine rings is 1. The molecule has 1 aromatic heterocycles. The molecule has 1 unspecified atom stereocenters. The number of methoxy groups -OCH3 is 1. The number of rotatable bonds is 1. The minimum Gasteiger partial charge on any atom is -0.491 e. The van der Waals surface area contributed by atoms with Crippen molar-refractivity contribution in [2.75, 3.05) is 26.9 Å². The van der Waals surface area contributed by atoms with Crippen LogP contribution in [0.4, 0.5) is 0 Å². The lowest BCUT2D eigenvalue weighted by Crippen LogP contribution is -2.55. The van der Waals surface area contributed by atoms with E-state index in [9.17, 15) is 9.59 Å². The maximum absolute atomic E-state index is 12.4. The predicted molar refractivity (Wildman–Crippen MR) is 60.7 cm³/mol. The summed E-state index contributed by atoms with van der Waals surface area (Å²) in [5.41, 5.74) is -0.132. The van der Waals surface area contributed by atoms with Crippen LogP contribution in [-0.4, -0.2) is 53.5 Å². The van der Waals surface area contributed by atoms with Crippen molar-refractivity contribution in [3.8, 4) is 5.75 Å². The van der Waals surface area contributed by atoms with Crippen LogP contribution >= 0.6 is 0 Å². The predicted octanol–water partition coefficient (Wildman–Crippen LogP) is -0.893. The zero-order chi connectivity index (χ0) is 12.7. The van der Waals surface area contributed by atoms with Gasteiger partial charge in [-0.05, 0) is 0 Å². The molecule has 1 saturated heterocycles. The Hall–Kier alpha value is -1.89. The smallest absolute Gasteiger partial charge is 0.276 e. The molecule has 1 amide bonds. The Morgan fingerprint density at radius 3 is 3.11 bits per heavy atom. The van der Waals surface area contributed by atoms with E-state index in [0.29, 0.717) is 26.3 Å². The first-order chi connectivity index (χ1) is 8.72. The first-order valence-corrected chi connectivity index (χ1v) is 5.75. The summed E-state index contributed by atoms with van der Waals surface area (Å²) in [4.78, 5) is 25.7. The fraction of sp³-hybridized carbons (Fsp3) is 0.545. The number of carbonyl (C=O) groups is 1. The first kappa shape index (κ1) is 11.2. The molecular weight excluding hydrogens is 238 g/mol. The summed E-state index contributed by atoms with van der Waals surface area (Å²) in [5, 5.41) is 3.99. The van der Waals surface area contributed by atoms with E-state index in [4.69, 9.17) is 9.47 Å². The van der Waals surface area contributed by atoms with Crippen LogP contribution in [0.15, 0.2) is 11.0 Å². The van der Waals surface area contributed by atoms with E-state index in [2.05, 4.69) is 5.10 Å². The molecule has 18 heavy (non-hydrogen) atoms. The number of aromatic nitrogens is 2. The number of nitrogens with zero attached hydrogens (tertiary/aromatic N) is 3. The van der Waals surface area contributed by atoms with Crippen molar-refractivity contribution in [1.29, 1.82) is 0 Å². The molecule has 0 aliphatic carbocycles. The van der Waals surface area contributed by atoms with Gasteiger partial charge in [-0.3, -0.25) is 14.3 Å². The molecule has 7 nitrogen and oxygen atoms in total. The minimum absolute atomic E-state index is 0.0153. The third-order valence-corrected chi connectivity index (χ3v) is 3.29. The number of hydrogen-bond donors (Lipinski definition) is 0. The van der Waals surface area contributed by atoms with Gasteiger partial charge in [0, 0.05) is 6.54 Å². The molecule has 2 aliphatic heterocycles. The van der Waals surface area contributed by atoms with Gasteiger partial charge in [-0.2, -0.15) is 5.10 Å². The van der Waals surface area contributed by atoms with Gasteiger partial charge in [0.15, 0.2) is 11.4 Å². The molecule has 0 N–H and O–H groups in total. The van der Waals surface area contributed by atoms with E-state index in [1.807, 2.05) is 0 Å². The molecule has 1 aromatic rings. The summed E-state index contributed by atoms with van der Waals surface area (Å²) in [5.74, 6) is -0.142. The Balaban J connectivity index is 2.13. The second kappa shape index (κ2) is 4.09. The molecule has 96 valence electrons. The van der Waals surface area contributed by atoms with Crippen molar-refractivity contribution >= 4 is 5.91 Å². The third kappa shape index (κ3) is 1.51. The quantitative estimate of drug-likeness (QED) is 0.647. The fourth-order valence-electron chi connectivity index (χ4n) is 2.42. The normalized spacial score (nSPS) is 22.4. The van der Waals surface area contributed by atoms with E-state index in [1.54, 1.807) is 4.90 Å². The summed E-state index contributed by atoms with van der Waals surface area (Å²) >= 11 is 0. The lowest BCUT2D eigenvalue weighted by atomic mass is 10.1. The lowest BCUT2D eigenvalue weighted by Gasteiger charge is -2.39. The van der Waals surface area contributed by atoms with Crippen LogP contribution in [0.2, 0.25) is 0 Å². The molecule has 1 fully saturated rings. The molecule has 0 bridgehead atoms. The first-order valence-electron chi connectivity index (χ1n) is 5.75. The van der Waals surface area contributed by atoms with Gasteiger partial charge in [-0.25, -0.2) is 0 Å². The Morgan fingerprint density at radius 2 is 2.33 bits per heavy atom. The summed E-state index contributed by atoms with van der Waals surface area (Å²) in [7, 11) is 1.39. The lowest BCUT2D eigenvalue weighted by molar-refractivity contribution is -0.0158. The molecule has 0 radical (unpaired) electrons. The highest BCUT2D eigenvalue weighted by atomic mass is 16.5. The monoisotopic (exact) mass is 251 g/mol. The minimum atomic E-state index is -0.371. The summed E-state index contributed by atoms with van der Waals surface area (Å²) in [6, 6.07) is -0.0153. The van der Waals surface area contributed by atoms with Crippen LogP contribution in [-0.2, 0) is 11.3 Å². The maximum Gasteiger partial charge on any atom is 0.276 e. The average Bonchev–Trinajstić information content (AvgIpc) is 2.40. The van der Waals surface area contributed by atoms with Crippen molar-refractivity contribution in [1.82, 2.24) is 14.7 Å². The topological polar surface area (TPSA) is 73.7 Å². The SMILES string of the molecule is COc1c2n(ncc1=O)CC1COCCN1C2=O. The Labute approximate surface area is 103 Å². The van der Waals surface area contributed by atoms with Crippen LogP contribution in [0.25, 0.3) is 0 Å². The Bertz CT molecular complexity index is 554. The fourth-order valence-corrected chi connectivity index (χ4v) is 2.42. The molecule has 2 aliphatic rings. The Morgan fingerprint density at radius 1 is 1.50 bits per heavy atom. The number of hydrogen-bond acceptors (Lipinski definition) is 5. The third-order valence-electron chi connectivity index (χ3n) is 3.29. The van der Waals surface area contributed by atoms with E-state index < -0.39 is 0 Å². The van der Waals surface area contributed by atoms with E-state index in [-0.39, 0.29) is 28.8 Å². The van der Waals surface area contributed by atoms with Crippen molar-refractivity contribution in [2.24, 2.45) is 0 Å². The van der Waals surface area contributed by atoms with E-state index in [0.717, 1.165) is 0 Å². The van der Waals surface area contributed by atoms with Crippen LogP contribution in [0.5, 0.6) is 5.75 Å². The van der Waals surface area contributed by atoms with Gasteiger partial charge in [0.2, 0.25) is 5.43 Å². The molecule has 0 saturated carbocycles. The van der Waals surface area contributed by atoms with Crippen LogP contribution in [0.1, 0.15) is 10.5 Å². The van der Waals surface area contributed by atoms with Crippen molar-refractivity contribution in [2.45, 2.75) is 12.6 Å². The zero-order valence-electron chi connectivity index (χ0n) is 9.96. The van der Waals surface area contributed by atoms with Crippen LogP contribution in [0.3, 0.4) is 0 Å². The number of fused-ring (bicyclic) bond motifs is 2. The van der Waals surface area contributed by atoms with Gasteiger partial charge >= 0.3 is 0 Å². The van der Waals surface area contributed by atoms with Crippen molar-refractivity contribution in [3.05, 3.63) is 22.1 Å².